The third kappa shape index (κ3) is 15.0. The van der Waals surface area contributed by atoms with Crippen LogP contribution >= 0.6 is 0 Å². The maximum absolute atomic E-state index is 9.83. The molecule has 0 aliphatic heterocycles. The molecule has 0 aliphatic carbocycles. The molecule has 0 fully saturated rings. The Labute approximate surface area is 225 Å². The van der Waals surface area contributed by atoms with E-state index in [9.17, 15) is 5.11 Å². The maximum Gasteiger partial charge on any atom is 0.150 e. The topological polar surface area (TPSA) is 69.7 Å². The summed E-state index contributed by atoms with van der Waals surface area (Å²) in [6, 6.07) is 30.7. The number of hydrogen-bond donors (Lipinski definition) is 1. The Morgan fingerprint density at radius 3 is 1.38 bits per heavy atom. The lowest BCUT2D eigenvalue weighted by Crippen LogP contribution is -1.74. The molecule has 1 N–H and O–H groups in total. The molecule has 0 heterocycles. The van der Waals surface area contributed by atoms with Crippen LogP contribution < -0.4 is 0 Å². The zero-order chi connectivity index (χ0) is 28.3. The highest BCUT2D eigenvalue weighted by Crippen LogP contribution is 2.34. The minimum absolute atomic E-state index is 0.189. The van der Waals surface area contributed by atoms with Crippen molar-refractivity contribution >= 4 is 27.8 Å². The summed E-state index contributed by atoms with van der Waals surface area (Å²) in [6.07, 6.45) is 1.25. The average molecular weight is 503 g/mol. The highest BCUT2D eigenvalue weighted by atomic mass is 16.3. The van der Waals surface area contributed by atoms with Crippen molar-refractivity contribution in [1.29, 1.82) is 0 Å². The molecule has 0 unspecified atom stereocenters. The molecule has 0 radical (unpaired) electrons. The summed E-state index contributed by atoms with van der Waals surface area (Å²) >= 11 is 0. The van der Waals surface area contributed by atoms with Gasteiger partial charge in [-0.15, -0.1) is 0 Å². The van der Waals surface area contributed by atoms with Crippen LogP contribution in [-0.2, 0) is 0 Å². The molecule has 0 saturated heterocycles. The van der Waals surface area contributed by atoms with Crippen molar-refractivity contribution in [3.05, 3.63) is 97.1 Å². The third-order valence-electron chi connectivity index (χ3n) is 3.88. The number of hydrogen-bond acceptors (Lipinski definition) is 5. The summed E-state index contributed by atoms with van der Waals surface area (Å²) in [7, 11) is 1.58. The molecule has 5 heteroatoms. The van der Waals surface area contributed by atoms with Gasteiger partial charge in [-0.2, -0.15) is 20.5 Å². The number of azo groups is 2. The number of phenolic OH excluding ortho intramolecular Hbond substituents is 1. The molecule has 5 nitrogen and oxygen atoms in total. The quantitative estimate of drug-likeness (QED) is 0.278. The van der Waals surface area contributed by atoms with E-state index in [1.807, 2.05) is 133 Å². The molecule has 0 bridgehead atoms. The predicted molar refractivity (Wildman–Crippen MR) is 163 cm³/mol. The number of rotatable bonds is 3. The smallest absolute Gasteiger partial charge is 0.150 e. The SMILES string of the molecule is CC.CC.CC.CCC.CN=Nc1ccc2ccccc2c1O.c1ccc(N=Nc2ccccc2)cc1. The zero-order valence-corrected chi connectivity index (χ0v) is 24.2. The van der Waals surface area contributed by atoms with Gasteiger partial charge >= 0.3 is 0 Å². The van der Waals surface area contributed by atoms with Gasteiger partial charge in [0.05, 0.1) is 11.4 Å². The molecule has 0 aliphatic rings. The van der Waals surface area contributed by atoms with Gasteiger partial charge in [0, 0.05) is 12.4 Å². The highest BCUT2D eigenvalue weighted by Gasteiger charge is 2.04. The Hall–Kier alpha value is -3.86. The summed E-state index contributed by atoms with van der Waals surface area (Å²) in [5.41, 5.74) is 2.25. The third-order valence-corrected chi connectivity index (χ3v) is 3.88. The average Bonchev–Trinajstić information content (AvgIpc) is 2.99. The monoisotopic (exact) mass is 502 g/mol. The van der Waals surface area contributed by atoms with E-state index in [1.165, 1.54) is 6.42 Å². The van der Waals surface area contributed by atoms with Gasteiger partial charge < -0.3 is 5.11 Å². The van der Waals surface area contributed by atoms with E-state index in [4.69, 9.17) is 0 Å². The van der Waals surface area contributed by atoms with Gasteiger partial charge in [0.15, 0.2) is 5.75 Å². The van der Waals surface area contributed by atoms with Crippen LogP contribution in [0.2, 0.25) is 0 Å². The van der Waals surface area contributed by atoms with Gasteiger partial charge in [-0.05, 0) is 35.7 Å². The van der Waals surface area contributed by atoms with Gasteiger partial charge in [0.1, 0.15) is 5.69 Å². The van der Waals surface area contributed by atoms with Crippen molar-refractivity contribution in [2.75, 3.05) is 7.05 Å². The van der Waals surface area contributed by atoms with E-state index in [-0.39, 0.29) is 5.75 Å². The van der Waals surface area contributed by atoms with Crippen molar-refractivity contribution in [3.63, 3.8) is 0 Å². The van der Waals surface area contributed by atoms with Crippen molar-refractivity contribution in [3.8, 4) is 5.75 Å². The minimum Gasteiger partial charge on any atom is -0.505 e. The fraction of sp³-hybridized carbons (Fsp3) is 0.312. The van der Waals surface area contributed by atoms with E-state index >= 15 is 0 Å². The molecular weight excluding hydrogens is 456 g/mol. The van der Waals surface area contributed by atoms with Crippen LogP contribution in [-0.4, -0.2) is 12.2 Å². The van der Waals surface area contributed by atoms with Crippen LogP contribution in [0, 0.1) is 0 Å². The molecule has 0 aromatic heterocycles. The van der Waals surface area contributed by atoms with Crippen LogP contribution in [0.15, 0.2) is 118 Å². The second-order valence-corrected chi connectivity index (χ2v) is 6.53. The molecule has 0 spiro atoms. The molecule has 4 aromatic rings. The first-order valence-electron chi connectivity index (χ1n) is 13.2. The number of nitrogens with zero attached hydrogens (tertiary/aromatic N) is 4. The highest BCUT2D eigenvalue weighted by molar-refractivity contribution is 5.92. The second kappa shape index (κ2) is 25.2. The van der Waals surface area contributed by atoms with Crippen molar-refractivity contribution in [2.45, 2.75) is 61.8 Å². The van der Waals surface area contributed by atoms with Gasteiger partial charge in [-0.3, -0.25) is 0 Å². The van der Waals surface area contributed by atoms with E-state index in [2.05, 4.69) is 34.3 Å². The Bertz CT molecular complexity index is 1050. The molecule has 4 rings (SSSR count). The van der Waals surface area contributed by atoms with Crippen LogP contribution in [0.3, 0.4) is 0 Å². The van der Waals surface area contributed by atoms with Crippen molar-refractivity contribution in [2.24, 2.45) is 20.5 Å². The van der Waals surface area contributed by atoms with Crippen molar-refractivity contribution in [1.82, 2.24) is 0 Å². The van der Waals surface area contributed by atoms with Crippen LogP contribution in [0.1, 0.15) is 61.8 Å². The molecular formula is C32H46N4O. The van der Waals surface area contributed by atoms with E-state index in [0.717, 1.165) is 22.1 Å². The molecule has 0 saturated carbocycles. The molecule has 4 aromatic carbocycles. The summed E-state index contributed by atoms with van der Waals surface area (Å²) in [5, 5.41) is 27.3. The summed E-state index contributed by atoms with van der Waals surface area (Å²) < 4.78 is 0. The maximum atomic E-state index is 9.83. The van der Waals surface area contributed by atoms with E-state index < -0.39 is 0 Å². The first-order valence-corrected chi connectivity index (χ1v) is 13.2. The fourth-order valence-electron chi connectivity index (χ4n) is 2.54. The lowest BCUT2D eigenvalue weighted by molar-refractivity contribution is 0.482. The first-order chi connectivity index (χ1) is 18.2. The van der Waals surface area contributed by atoms with Gasteiger partial charge in [-0.25, -0.2) is 0 Å². The number of aromatic hydroxyl groups is 1. The Morgan fingerprint density at radius 2 is 0.946 bits per heavy atom. The summed E-state index contributed by atoms with van der Waals surface area (Å²) in [6.45, 7) is 16.2. The minimum atomic E-state index is 0.189. The van der Waals surface area contributed by atoms with Crippen LogP contribution in [0.25, 0.3) is 10.8 Å². The Morgan fingerprint density at radius 1 is 0.541 bits per heavy atom. The molecule has 200 valence electrons. The Balaban J connectivity index is 0. The van der Waals surface area contributed by atoms with Gasteiger partial charge in [0.25, 0.3) is 0 Å². The van der Waals surface area contributed by atoms with Crippen LogP contribution in [0.5, 0.6) is 5.75 Å². The van der Waals surface area contributed by atoms with Crippen LogP contribution in [0.4, 0.5) is 17.1 Å². The molecule has 0 amide bonds. The standard InChI is InChI=1S/C12H10N2.C11H10N2O.C3H8.3C2H6/c1-3-7-11(8-4-1)13-14-12-9-5-2-6-10-12;1-12-13-10-7-6-8-4-2-3-5-9(8)11(10)14;1-3-2;3*1-2/h1-10H;2-7,14H,1H3;3H2,1-2H3;3*1-2H3. The fourth-order valence-corrected chi connectivity index (χ4v) is 2.54. The lowest BCUT2D eigenvalue weighted by atomic mass is 10.1. The molecule has 0 atom stereocenters. The second-order valence-electron chi connectivity index (χ2n) is 6.53. The predicted octanol–water partition coefficient (Wildman–Crippen LogP) is 11.9. The Kier molecular flexibility index (Phi) is 24.1. The largest absolute Gasteiger partial charge is 0.505 e. The number of phenols is 1. The van der Waals surface area contributed by atoms with Gasteiger partial charge in [-0.1, -0.05) is 129 Å². The number of benzene rings is 4. The summed E-state index contributed by atoms with van der Waals surface area (Å²) in [5.74, 6) is 0.189. The number of fused-ring (bicyclic) bond motifs is 1. The lowest BCUT2D eigenvalue weighted by Gasteiger charge is -2.02. The first kappa shape index (κ1) is 35.3. The van der Waals surface area contributed by atoms with E-state index in [1.54, 1.807) is 13.1 Å². The summed E-state index contributed by atoms with van der Waals surface area (Å²) in [4.78, 5) is 0. The van der Waals surface area contributed by atoms with Crippen molar-refractivity contribution < 1.29 is 5.11 Å². The van der Waals surface area contributed by atoms with Gasteiger partial charge in [0.2, 0.25) is 0 Å². The molecule has 37 heavy (non-hydrogen) atoms. The normalized spacial score (nSPS) is 9.22. The zero-order valence-electron chi connectivity index (χ0n) is 24.2. The van der Waals surface area contributed by atoms with E-state index in [0.29, 0.717) is 5.69 Å².